The molecule has 0 bridgehead atoms. The molecule has 0 saturated carbocycles. The van der Waals surface area contributed by atoms with Crippen LogP contribution >= 0.6 is 0 Å². The number of hydrogen-bond acceptors (Lipinski definition) is 2. The Morgan fingerprint density at radius 1 is 1.08 bits per heavy atom. The third-order valence-electron chi connectivity index (χ3n) is 4.14. The minimum absolute atomic E-state index is 0.0103. The van der Waals surface area contributed by atoms with Crippen molar-refractivity contribution in [2.45, 2.75) is 53.2 Å². The highest BCUT2D eigenvalue weighted by Crippen LogP contribution is 2.23. The van der Waals surface area contributed by atoms with Gasteiger partial charge in [0.25, 0.3) is 5.91 Å². The van der Waals surface area contributed by atoms with Crippen LogP contribution in [0.2, 0.25) is 0 Å². The number of ether oxygens (including phenoxy) is 1. The van der Waals surface area contributed by atoms with E-state index in [1.807, 2.05) is 32.0 Å². The number of nitrogens with one attached hydrogen (secondary N) is 1. The van der Waals surface area contributed by atoms with Crippen LogP contribution in [-0.2, 0) is 0 Å². The van der Waals surface area contributed by atoms with Crippen molar-refractivity contribution in [2.75, 3.05) is 0 Å². The van der Waals surface area contributed by atoms with Crippen molar-refractivity contribution < 1.29 is 9.53 Å². The molecule has 24 heavy (non-hydrogen) atoms. The van der Waals surface area contributed by atoms with Crippen molar-refractivity contribution in [2.24, 2.45) is 0 Å². The number of carbonyl (C=O) groups is 1. The van der Waals surface area contributed by atoms with Gasteiger partial charge in [-0.15, -0.1) is 0 Å². The van der Waals surface area contributed by atoms with E-state index in [2.05, 4.69) is 44.3 Å². The highest BCUT2D eigenvalue weighted by molar-refractivity contribution is 5.97. The van der Waals surface area contributed by atoms with Crippen LogP contribution in [0.25, 0.3) is 0 Å². The normalized spacial score (nSPS) is 12.1. The second-order valence-electron chi connectivity index (χ2n) is 6.44. The van der Waals surface area contributed by atoms with Gasteiger partial charge < -0.3 is 10.1 Å². The first kappa shape index (κ1) is 18.1. The zero-order chi connectivity index (χ0) is 17.7. The summed E-state index contributed by atoms with van der Waals surface area (Å²) in [4.78, 5) is 12.8. The number of para-hydroxylation sites is 1. The van der Waals surface area contributed by atoms with Crippen molar-refractivity contribution in [3.05, 3.63) is 64.7 Å². The number of amides is 1. The molecule has 1 amide bonds. The Labute approximate surface area is 145 Å². The summed E-state index contributed by atoms with van der Waals surface area (Å²) < 4.78 is 5.76. The quantitative estimate of drug-likeness (QED) is 0.814. The molecule has 0 aliphatic heterocycles. The summed E-state index contributed by atoms with van der Waals surface area (Å²) in [5.74, 6) is 0.524. The van der Waals surface area contributed by atoms with Crippen molar-refractivity contribution in [3.63, 3.8) is 0 Å². The van der Waals surface area contributed by atoms with E-state index in [4.69, 9.17) is 4.74 Å². The molecule has 128 valence electrons. The summed E-state index contributed by atoms with van der Waals surface area (Å²) in [6.07, 6.45) is 0.863. The average molecular weight is 325 g/mol. The van der Waals surface area contributed by atoms with Gasteiger partial charge in [0.05, 0.1) is 17.7 Å². The molecule has 0 aromatic heterocycles. The Morgan fingerprint density at radius 2 is 1.79 bits per heavy atom. The predicted octanol–water partition coefficient (Wildman–Crippen LogP) is 4.97. The summed E-state index contributed by atoms with van der Waals surface area (Å²) >= 11 is 0. The third-order valence-corrected chi connectivity index (χ3v) is 4.14. The lowest BCUT2D eigenvalue weighted by molar-refractivity contribution is 0.0929. The van der Waals surface area contributed by atoms with E-state index in [1.54, 1.807) is 6.07 Å². The number of benzene rings is 2. The lowest BCUT2D eigenvalue weighted by Gasteiger charge is -2.20. The van der Waals surface area contributed by atoms with Crippen LogP contribution in [-0.4, -0.2) is 12.0 Å². The van der Waals surface area contributed by atoms with Gasteiger partial charge in [0.2, 0.25) is 0 Å². The molecular weight excluding hydrogens is 298 g/mol. The molecule has 1 atom stereocenters. The van der Waals surface area contributed by atoms with Crippen LogP contribution in [0.1, 0.15) is 60.3 Å². The van der Waals surface area contributed by atoms with Crippen LogP contribution in [0, 0.1) is 13.8 Å². The number of aryl methyl sites for hydroxylation is 2. The molecule has 1 N–H and O–H groups in total. The molecule has 0 heterocycles. The number of hydrogen-bond donors (Lipinski definition) is 1. The summed E-state index contributed by atoms with van der Waals surface area (Å²) in [6, 6.07) is 13.7. The SMILES string of the molecule is CC[C@H](NC(=O)c1ccccc1OC(C)C)c1ccc(C)c(C)c1. The lowest BCUT2D eigenvalue weighted by Crippen LogP contribution is -2.29. The van der Waals surface area contributed by atoms with Crippen molar-refractivity contribution in [3.8, 4) is 5.75 Å². The molecule has 0 aliphatic carbocycles. The highest BCUT2D eigenvalue weighted by atomic mass is 16.5. The highest BCUT2D eigenvalue weighted by Gasteiger charge is 2.18. The fraction of sp³-hybridized carbons (Fsp3) is 0.381. The van der Waals surface area contributed by atoms with Gasteiger partial charge in [-0.3, -0.25) is 4.79 Å². The second-order valence-corrected chi connectivity index (χ2v) is 6.44. The fourth-order valence-corrected chi connectivity index (χ4v) is 2.65. The first-order valence-corrected chi connectivity index (χ1v) is 8.56. The van der Waals surface area contributed by atoms with Gasteiger partial charge in [-0.1, -0.05) is 37.3 Å². The van der Waals surface area contributed by atoms with Gasteiger partial charge in [0.1, 0.15) is 5.75 Å². The van der Waals surface area contributed by atoms with E-state index in [9.17, 15) is 4.79 Å². The van der Waals surface area contributed by atoms with Gasteiger partial charge >= 0.3 is 0 Å². The lowest BCUT2D eigenvalue weighted by atomic mass is 9.99. The van der Waals surface area contributed by atoms with Crippen LogP contribution < -0.4 is 10.1 Å². The van der Waals surface area contributed by atoms with E-state index < -0.39 is 0 Å². The van der Waals surface area contributed by atoms with Crippen LogP contribution in [0.3, 0.4) is 0 Å². The molecule has 0 fully saturated rings. The molecule has 0 unspecified atom stereocenters. The van der Waals surface area contributed by atoms with Gasteiger partial charge in [0.15, 0.2) is 0 Å². The number of rotatable bonds is 6. The first-order chi connectivity index (χ1) is 11.4. The van der Waals surface area contributed by atoms with Crippen molar-refractivity contribution >= 4 is 5.91 Å². The fourth-order valence-electron chi connectivity index (χ4n) is 2.65. The summed E-state index contributed by atoms with van der Waals surface area (Å²) in [5.41, 5.74) is 4.21. The minimum Gasteiger partial charge on any atom is -0.490 e. The van der Waals surface area contributed by atoms with E-state index in [0.29, 0.717) is 11.3 Å². The average Bonchev–Trinajstić information content (AvgIpc) is 2.55. The largest absolute Gasteiger partial charge is 0.490 e. The van der Waals surface area contributed by atoms with Crippen LogP contribution in [0.4, 0.5) is 0 Å². The molecule has 0 saturated heterocycles. The van der Waals surface area contributed by atoms with Gasteiger partial charge in [-0.2, -0.15) is 0 Å². The molecule has 0 radical (unpaired) electrons. The first-order valence-electron chi connectivity index (χ1n) is 8.56. The van der Waals surface area contributed by atoms with E-state index >= 15 is 0 Å². The maximum absolute atomic E-state index is 12.8. The maximum atomic E-state index is 12.8. The second kappa shape index (κ2) is 8.00. The summed E-state index contributed by atoms with van der Waals surface area (Å²) in [6.45, 7) is 10.2. The third kappa shape index (κ3) is 4.38. The maximum Gasteiger partial charge on any atom is 0.255 e. The van der Waals surface area contributed by atoms with Gasteiger partial charge in [-0.25, -0.2) is 0 Å². The Bertz CT molecular complexity index is 707. The Morgan fingerprint density at radius 3 is 2.42 bits per heavy atom. The Kier molecular flexibility index (Phi) is 6.02. The molecule has 0 aliphatic rings. The van der Waals surface area contributed by atoms with Crippen LogP contribution in [0.5, 0.6) is 5.75 Å². The minimum atomic E-state index is -0.101. The van der Waals surface area contributed by atoms with E-state index in [-0.39, 0.29) is 18.1 Å². The van der Waals surface area contributed by atoms with Gasteiger partial charge in [-0.05, 0) is 62.9 Å². The monoisotopic (exact) mass is 325 g/mol. The predicted molar refractivity (Wildman–Crippen MR) is 98.6 cm³/mol. The Hall–Kier alpha value is -2.29. The smallest absolute Gasteiger partial charge is 0.255 e. The molecule has 0 spiro atoms. The molecule has 2 aromatic rings. The van der Waals surface area contributed by atoms with Crippen molar-refractivity contribution in [1.82, 2.24) is 5.32 Å². The topological polar surface area (TPSA) is 38.3 Å². The van der Waals surface area contributed by atoms with E-state index in [1.165, 1.54) is 11.1 Å². The van der Waals surface area contributed by atoms with E-state index in [0.717, 1.165) is 12.0 Å². The Balaban J connectivity index is 2.22. The molecule has 3 nitrogen and oxygen atoms in total. The van der Waals surface area contributed by atoms with Crippen LogP contribution in [0.15, 0.2) is 42.5 Å². The summed E-state index contributed by atoms with van der Waals surface area (Å²) in [7, 11) is 0. The molecule has 2 aromatic carbocycles. The molecule has 2 rings (SSSR count). The number of carbonyl (C=O) groups excluding carboxylic acids is 1. The zero-order valence-electron chi connectivity index (χ0n) is 15.2. The molecule has 3 heteroatoms. The zero-order valence-corrected chi connectivity index (χ0v) is 15.2. The standard InChI is InChI=1S/C21H27NO2/c1-6-19(17-12-11-15(4)16(5)13-17)22-21(23)18-9-7-8-10-20(18)24-14(2)3/h7-14,19H,6H2,1-5H3,(H,22,23)/t19-/m0/s1. The van der Waals surface area contributed by atoms with Crippen molar-refractivity contribution in [1.29, 1.82) is 0 Å². The molecular formula is C21H27NO2. The summed E-state index contributed by atoms with van der Waals surface area (Å²) in [5, 5.41) is 3.14. The van der Waals surface area contributed by atoms with Gasteiger partial charge in [0, 0.05) is 0 Å².